The van der Waals surface area contributed by atoms with Crippen LogP contribution >= 0.6 is 0 Å². The molecular formula is C23H22N4O4. The lowest BCUT2D eigenvalue weighted by atomic mass is 10.2. The molecule has 1 amide bonds. The number of hydrogen-bond acceptors (Lipinski definition) is 6. The number of ether oxygens (including phenoxy) is 1. The Hall–Kier alpha value is -3.99. The van der Waals surface area contributed by atoms with Gasteiger partial charge in [-0.05, 0) is 38.1 Å². The molecular weight excluding hydrogens is 396 g/mol. The van der Waals surface area contributed by atoms with Crippen LogP contribution in [0.1, 0.15) is 29.4 Å². The standard InChI is InChI=1S/C23H22N4O4/c1-3-26-14-19(21(29)18-11-10-16(2)25-22(18)26)23(30)31-15-20(28)27(13-7-12-24)17-8-5-4-6-9-17/h4-6,8-11,14H,3,7,13,15H2,1-2H3. The molecule has 0 aliphatic carbocycles. The van der Waals surface area contributed by atoms with E-state index in [1.54, 1.807) is 41.0 Å². The number of anilines is 1. The number of nitriles is 1. The zero-order chi connectivity index (χ0) is 22.4. The predicted molar refractivity (Wildman–Crippen MR) is 116 cm³/mol. The Bertz CT molecular complexity index is 1210. The summed E-state index contributed by atoms with van der Waals surface area (Å²) < 4.78 is 6.88. The Morgan fingerprint density at radius 1 is 1.19 bits per heavy atom. The lowest BCUT2D eigenvalue weighted by molar-refractivity contribution is -0.121. The molecule has 0 aliphatic rings. The number of carbonyl (C=O) groups is 2. The van der Waals surface area contributed by atoms with Gasteiger partial charge in [-0.3, -0.25) is 9.59 Å². The first kappa shape index (κ1) is 21.7. The molecule has 0 atom stereocenters. The number of carbonyl (C=O) groups excluding carboxylic acids is 2. The molecule has 3 aromatic rings. The summed E-state index contributed by atoms with van der Waals surface area (Å²) in [6.45, 7) is 3.82. The van der Waals surface area contributed by atoms with E-state index in [0.29, 0.717) is 23.3 Å². The summed E-state index contributed by atoms with van der Waals surface area (Å²) in [4.78, 5) is 43.9. The fourth-order valence-corrected chi connectivity index (χ4v) is 3.20. The van der Waals surface area contributed by atoms with Gasteiger partial charge in [-0.15, -0.1) is 0 Å². The third-order valence-electron chi connectivity index (χ3n) is 4.76. The van der Waals surface area contributed by atoms with Gasteiger partial charge in [0.25, 0.3) is 5.91 Å². The average Bonchev–Trinajstić information content (AvgIpc) is 2.78. The number of hydrogen-bond donors (Lipinski definition) is 0. The Morgan fingerprint density at radius 2 is 1.94 bits per heavy atom. The molecule has 0 saturated heterocycles. The van der Waals surface area contributed by atoms with Crippen molar-refractivity contribution in [2.75, 3.05) is 18.1 Å². The molecule has 0 fully saturated rings. The molecule has 8 heteroatoms. The number of para-hydroxylation sites is 1. The minimum atomic E-state index is -0.878. The second-order valence-electron chi connectivity index (χ2n) is 6.85. The van der Waals surface area contributed by atoms with Gasteiger partial charge in [-0.25, -0.2) is 9.78 Å². The van der Waals surface area contributed by atoms with Gasteiger partial charge in [0.05, 0.1) is 17.9 Å². The van der Waals surface area contributed by atoms with Gasteiger partial charge in [-0.1, -0.05) is 18.2 Å². The molecule has 0 N–H and O–H groups in total. The fraction of sp³-hybridized carbons (Fsp3) is 0.261. The van der Waals surface area contributed by atoms with Crippen molar-refractivity contribution < 1.29 is 14.3 Å². The summed E-state index contributed by atoms with van der Waals surface area (Å²) in [5.74, 6) is -1.36. The summed E-state index contributed by atoms with van der Waals surface area (Å²) in [5.41, 5.74) is 1.20. The van der Waals surface area contributed by atoms with Gasteiger partial charge in [0, 0.05) is 30.7 Å². The van der Waals surface area contributed by atoms with Gasteiger partial charge in [0.2, 0.25) is 5.43 Å². The van der Waals surface area contributed by atoms with Crippen LogP contribution in [0.15, 0.2) is 53.5 Å². The van der Waals surface area contributed by atoms with E-state index in [9.17, 15) is 14.4 Å². The largest absolute Gasteiger partial charge is 0.452 e. The van der Waals surface area contributed by atoms with Crippen molar-refractivity contribution in [1.82, 2.24) is 9.55 Å². The van der Waals surface area contributed by atoms with Crippen molar-refractivity contribution in [2.24, 2.45) is 0 Å². The van der Waals surface area contributed by atoms with Crippen LogP contribution in [0.4, 0.5) is 5.69 Å². The maximum atomic E-state index is 12.8. The maximum Gasteiger partial charge on any atom is 0.344 e. The average molecular weight is 418 g/mol. The summed E-state index contributed by atoms with van der Waals surface area (Å²) >= 11 is 0. The van der Waals surface area contributed by atoms with E-state index in [-0.39, 0.29) is 18.5 Å². The summed E-state index contributed by atoms with van der Waals surface area (Å²) in [5, 5.41) is 9.19. The van der Waals surface area contributed by atoms with E-state index in [2.05, 4.69) is 4.98 Å². The number of nitrogens with zero attached hydrogens (tertiary/aromatic N) is 4. The van der Waals surface area contributed by atoms with Crippen LogP contribution in [0.2, 0.25) is 0 Å². The molecule has 8 nitrogen and oxygen atoms in total. The molecule has 0 aliphatic heterocycles. The highest BCUT2D eigenvalue weighted by molar-refractivity contribution is 5.98. The maximum absolute atomic E-state index is 12.8. The Labute approximate surface area is 179 Å². The quantitative estimate of drug-likeness (QED) is 0.546. The number of amides is 1. The molecule has 0 bridgehead atoms. The third-order valence-corrected chi connectivity index (χ3v) is 4.76. The number of rotatable bonds is 7. The van der Waals surface area contributed by atoms with Crippen LogP contribution in [0.3, 0.4) is 0 Å². The van der Waals surface area contributed by atoms with Gasteiger partial charge in [-0.2, -0.15) is 5.26 Å². The minimum Gasteiger partial charge on any atom is -0.452 e. The van der Waals surface area contributed by atoms with Gasteiger partial charge >= 0.3 is 5.97 Å². The van der Waals surface area contributed by atoms with E-state index in [1.165, 1.54) is 11.1 Å². The van der Waals surface area contributed by atoms with E-state index in [4.69, 9.17) is 10.00 Å². The number of pyridine rings is 2. The van der Waals surface area contributed by atoms with Crippen LogP contribution in [0.5, 0.6) is 0 Å². The first-order valence-electron chi connectivity index (χ1n) is 9.86. The van der Waals surface area contributed by atoms with Crippen LogP contribution in [-0.4, -0.2) is 34.6 Å². The molecule has 0 radical (unpaired) electrons. The number of fused-ring (bicyclic) bond motifs is 1. The number of esters is 1. The van der Waals surface area contributed by atoms with E-state index in [0.717, 1.165) is 5.69 Å². The molecule has 0 unspecified atom stereocenters. The molecule has 31 heavy (non-hydrogen) atoms. The molecule has 2 aromatic heterocycles. The van der Waals surface area contributed by atoms with Crippen molar-refractivity contribution in [3.05, 3.63) is 70.1 Å². The molecule has 0 spiro atoms. The highest BCUT2D eigenvalue weighted by Gasteiger charge is 2.21. The smallest absolute Gasteiger partial charge is 0.344 e. The lowest BCUT2D eigenvalue weighted by Crippen LogP contribution is -2.36. The number of aryl methyl sites for hydroxylation is 2. The van der Waals surface area contributed by atoms with Crippen molar-refractivity contribution in [3.63, 3.8) is 0 Å². The molecule has 1 aromatic carbocycles. The van der Waals surface area contributed by atoms with Gasteiger partial charge in [0.15, 0.2) is 6.61 Å². The van der Waals surface area contributed by atoms with Crippen LogP contribution in [0.25, 0.3) is 11.0 Å². The first-order valence-corrected chi connectivity index (χ1v) is 9.86. The number of aromatic nitrogens is 2. The van der Waals surface area contributed by atoms with Gasteiger partial charge in [0.1, 0.15) is 11.2 Å². The van der Waals surface area contributed by atoms with Gasteiger partial charge < -0.3 is 14.2 Å². The first-order chi connectivity index (χ1) is 15.0. The monoisotopic (exact) mass is 418 g/mol. The van der Waals surface area contributed by atoms with Crippen molar-refractivity contribution in [1.29, 1.82) is 5.26 Å². The third kappa shape index (κ3) is 4.78. The Balaban J connectivity index is 1.83. The molecule has 158 valence electrons. The highest BCUT2D eigenvalue weighted by Crippen LogP contribution is 2.15. The van der Waals surface area contributed by atoms with E-state index in [1.807, 2.05) is 26.0 Å². The van der Waals surface area contributed by atoms with Crippen LogP contribution < -0.4 is 10.3 Å². The summed E-state index contributed by atoms with van der Waals surface area (Å²) in [7, 11) is 0. The SMILES string of the molecule is CCn1cc(C(=O)OCC(=O)N(CCC#N)c2ccccc2)c(=O)c2ccc(C)nc21. The second kappa shape index (κ2) is 9.67. The zero-order valence-corrected chi connectivity index (χ0v) is 17.4. The lowest BCUT2D eigenvalue weighted by Gasteiger charge is -2.21. The highest BCUT2D eigenvalue weighted by atomic mass is 16.5. The van der Waals surface area contributed by atoms with Crippen molar-refractivity contribution >= 4 is 28.6 Å². The second-order valence-corrected chi connectivity index (χ2v) is 6.85. The van der Waals surface area contributed by atoms with E-state index < -0.39 is 23.9 Å². The molecule has 0 saturated carbocycles. The molecule has 2 heterocycles. The Kier molecular flexibility index (Phi) is 6.78. The number of benzene rings is 1. The molecule has 3 rings (SSSR count). The van der Waals surface area contributed by atoms with Crippen LogP contribution in [0, 0.1) is 18.3 Å². The topological polar surface area (TPSA) is 105 Å². The van der Waals surface area contributed by atoms with E-state index >= 15 is 0 Å². The summed E-state index contributed by atoms with van der Waals surface area (Å²) in [6, 6.07) is 14.2. The fourth-order valence-electron chi connectivity index (χ4n) is 3.20. The van der Waals surface area contributed by atoms with Crippen molar-refractivity contribution in [2.45, 2.75) is 26.8 Å². The normalized spacial score (nSPS) is 10.5. The Morgan fingerprint density at radius 3 is 2.61 bits per heavy atom. The summed E-state index contributed by atoms with van der Waals surface area (Å²) in [6.07, 6.45) is 1.54. The van der Waals surface area contributed by atoms with Crippen LogP contribution in [-0.2, 0) is 16.1 Å². The zero-order valence-electron chi connectivity index (χ0n) is 17.4. The predicted octanol–water partition coefficient (Wildman–Crippen LogP) is 2.83. The van der Waals surface area contributed by atoms with Crippen molar-refractivity contribution in [3.8, 4) is 6.07 Å². The minimum absolute atomic E-state index is 0.132.